The first-order chi connectivity index (χ1) is 9.52. The van der Waals surface area contributed by atoms with Crippen LogP contribution in [0.15, 0.2) is 5.38 Å². The third-order valence-electron chi connectivity index (χ3n) is 3.60. The highest BCUT2D eigenvalue weighted by Crippen LogP contribution is 2.14. The topological polar surface area (TPSA) is 62.5 Å². The third kappa shape index (κ3) is 3.34. The number of carbonyl (C=O) groups excluding carboxylic acids is 1. The van der Waals surface area contributed by atoms with Gasteiger partial charge in [-0.3, -0.25) is 9.69 Å². The maximum Gasteiger partial charge on any atom is 0.273 e. The molecule has 20 heavy (non-hydrogen) atoms. The van der Waals surface area contributed by atoms with Gasteiger partial charge in [-0.1, -0.05) is 19.1 Å². The lowest BCUT2D eigenvalue weighted by Gasteiger charge is -2.38. The van der Waals surface area contributed by atoms with Crippen LogP contribution in [0, 0.1) is 6.92 Å². The number of hydrogen-bond acceptors (Lipinski definition) is 5. The zero-order valence-corrected chi connectivity index (χ0v) is 13.5. The molecule has 0 aromatic carbocycles. The maximum absolute atomic E-state index is 12.3. The zero-order valence-electron chi connectivity index (χ0n) is 11.8. The van der Waals surface area contributed by atoms with Gasteiger partial charge in [0.25, 0.3) is 5.91 Å². The van der Waals surface area contributed by atoms with Crippen molar-refractivity contribution in [2.45, 2.75) is 26.3 Å². The lowest BCUT2D eigenvalue weighted by atomic mass is 10.1. The molecule has 110 valence electrons. The summed E-state index contributed by atoms with van der Waals surface area (Å²) in [4.78, 5) is 21.2. The van der Waals surface area contributed by atoms with Gasteiger partial charge in [-0.2, -0.15) is 0 Å². The average molecular weight is 312 g/mol. The van der Waals surface area contributed by atoms with Crippen LogP contribution in [0.25, 0.3) is 0 Å². The van der Waals surface area contributed by atoms with Crippen LogP contribution in [-0.2, 0) is 0 Å². The first-order valence-corrected chi connectivity index (χ1v) is 8.06. The van der Waals surface area contributed by atoms with Crippen LogP contribution in [0.1, 0.15) is 28.8 Å². The van der Waals surface area contributed by atoms with E-state index in [0.717, 1.165) is 24.5 Å². The van der Waals surface area contributed by atoms with E-state index in [2.05, 4.69) is 16.8 Å². The molecule has 0 bridgehead atoms. The highest BCUT2D eigenvalue weighted by atomic mass is 32.1. The maximum atomic E-state index is 12.3. The van der Waals surface area contributed by atoms with E-state index in [0.29, 0.717) is 23.8 Å². The fraction of sp³-hybridized carbons (Fsp3) is 0.615. The van der Waals surface area contributed by atoms with E-state index in [1.807, 2.05) is 17.2 Å². The van der Waals surface area contributed by atoms with Crippen molar-refractivity contribution < 1.29 is 4.79 Å². The van der Waals surface area contributed by atoms with E-state index < -0.39 is 0 Å². The third-order valence-corrected chi connectivity index (χ3v) is 4.64. The molecule has 2 heterocycles. The number of hydrogen-bond donors (Lipinski definition) is 1. The van der Waals surface area contributed by atoms with Crippen LogP contribution in [-0.4, -0.2) is 57.9 Å². The van der Waals surface area contributed by atoms with Gasteiger partial charge in [-0.25, -0.2) is 4.98 Å². The Hall–Kier alpha value is -1.05. The molecule has 0 aliphatic carbocycles. The van der Waals surface area contributed by atoms with E-state index in [-0.39, 0.29) is 11.9 Å². The minimum atomic E-state index is 0.0253. The summed E-state index contributed by atoms with van der Waals surface area (Å²) in [5, 5.41) is 2.75. The number of piperazine rings is 1. The first kappa shape index (κ1) is 15.3. The number of nitrogens with zero attached hydrogens (tertiary/aromatic N) is 3. The molecule has 1 atom stereocenters. The molecular weight excluding hydrogens is 292 g/mol. The number of aromatic nitrogens is 1. The van der Waals surface area contributed by atoms with Crippen molar-refractivity contribution in [3.05, 3.63) is 16.1 Å². The van der Waals surface area contributed by atoms with Crippen LogP contribution in [0.2, 0.25) is 0 Å². The fourth-order valence-corrected chi connectivity index (χ4v) is 3.40. The first-order valence-electron chi connectivity index (χ1n) is 6.77. The molecule has 1 fully saturated rings. The molecule has 1 aliphatic heterocycles. The van der Waals surface area contributed by atoms with Crippen LogP contribution in [0.3, 0.4) is 0 Å². The Balaban J connectivity index is 1.94. The van der Waals surface area contributed by atoms with Crippen molar-refractivity contribution in [3.63, 3.8) is 0 Å². The van der Waals surface area contributed by atoms with E-state index in [1.165, 1.54) is 11.3 Å². The molecule has 2 rings (SSSR count). The number of thiazole rings is 1. The summed E-state index contributed by atoms with van der Waals surface area (Å²) in [6.07, 6.45) is 0.911. The minimum Gasteiger partial charge on any atom is -0.392 e. The van der Waals surface area contributed by atoms with Gasteiger partial charge < -0.3 is 10.6 Å². The van der Waals surface area contributed by atoms with Crippen LogP contribution < -0.4 is 5.73 Å². The second-order valence-corrected chi connectivity index (χ2v) is 6.44. The van der Waals surface area contributed by atoms with Crippen LogP contribution >= 0.6 is 23.6 Å². The van der Waals surface area contributed by atoms with Gasteiger partial charge in [0.2, 0.25) is 0 Å². The van der Waals surface area contributed by atoms with Gasteiger partial charge in [0.05, 0.1) is 16.0 Å². The quantitative estimate of drug-likeness (QED) is 0.849. The van der Waals surface area contributed by atoms with Crippen molar-refractivity contribution in [2.24, 2.45) is 5.73 Å². The molecule has 1 unspecified atom stereocenters. The summed E-state index contributed by atoms with van der Waals surface area (Å²) in [6.45, 7) is 7.02. The van der Waals surface area contributed by atoms with Crippen molar-refractivity contribution >= 4 is 34.5 Å². The Morgan fingerprint density at radius 3 is 2.60 bits per heavy atom. The van der Waals surface area contributed by atoms with Crippen molar-refractivity contribution in [1.82, 2.24) is 14.8 Å². The summed E-state index contributed by atoms with van der Waals surface area (Å²) in [5.74, 6) is 0.0253. The van der Waals surface area contributed by atoms with Gasteiger partial charge in [0, 0.05) is 31.6 Å². The normalized spacial score (nSPS) is 18.0. The van der Waals surface area contributed by atoms with Crippen molar-refractivity contribution in [3.8, 4) is 0 Å². The van der Waals surface area contributed by atoms with Gasteiger partial charge in [0.15, 0.2) is 0 Å². The summed E-state index contributed by atoms with van der Waals surface area (Å²) < 4.78 is 0. The molecule has 7 heteroatoms. The Labute approximate surface area is 128 Å². The van der Waals surface area contributed by atoms with Crippen molar-refractivity contribution in [2.75, 3.05) is 26.2 Å². The van der Waals surface area contributed by atoms with Gasteiger partial charge >= 0.3 is 0 Å². The van der Waals surface area contributed by atoms with E-state index >= 15 is 0 Å². The zero-order chi connectivity index (χ0) is 14.7. The second-order valence-electron chi connectivity index (χ2n) is 4.91. The molecule has 0 radical (unpaired) electrons. The number of carbonyl (C=O) groups is 1. The lowest BCUT2D eigenvalue weighted by Crippen LogP contribution is -2.54. The van der Waals surface area contributed by atoms with Crippen LogP contribution in [0.4, 0.5) is 0 Å². The summed E-state index contributed by atoms with van der Waals surface area (Å²) in [6, 6.07) is 0.142. The molecule has 1 aromatic heterocycles. The Morgan fingerprint density at radius 1 is 1.50 bits per heavy atom. The van der Waals surface area contributed by atoms with Gasteiger partial charge in [-0.05, 0) is 13.3 Å². The molecule has 1 aromatic rings. The Kier molecular flexibility index (Phi) is 5.06. The predicted molar refractivity (Wildman–Crippen MR) is 85.2 cm³/mol. The molecular formula is C13H20N4OS2. The number of aryl methyl sites for hydroxylation is 1. The number of thiocarbonyl (C=S) groups is 1. The molecule has 1 saturated heterocycles. The SMILES string of the molecule is CCC(C(N)=S)N1CCN(C(=O)c2csc(C)n2)CC1. The monoisotopic (exact) mass is 312 g/mol. The second kappa shape index (κ2) is 6.60. The van der Waals surface area contributed by atoms with E-state index in [4.69, 9.17) is 18.0 Å². The summed E-state index contributed by atoms with van der Waals surface area (Å²) in [7, 11) is 0. The summed E-state index contributed by atoms with van der Waals surface area (Å²) >= 11 is 6.61. The van der Waals surface area contributed by atoms with E-state index in [9.17, 15) is 4.79 Å². The smallest absolute Gasteiger partial charge is 0.273 e. The Morgan fingerprint density at radius 2 is 2.15 bits per heavy atom. The largest absolute Gasteiger partial charge is 0.392 e. The Bertz CT molecular complexity index is 494. The highest BCUT2D eigenvalue weighted by Gasteiger charge is 2.27. The van der Waals surface area contributed by atoms with E-state index in [1.54, 1.807) is 0 Å². The number of rotatable bonds is 4. The lowest BCUT2D eigenvalue weighted by molar-refractivity contribution is 0.0607. The van der Waals surface area contributed by atoms with Crippen LogP contribution in [0.5, 0.6) is 0 Å². The fourth-order valence-electron chi connectivity index (χ4n) is 2.50. The average Bonchev–Trinajstić information content (AvgIpc) is 2.86. The van der Waals surface area contributed by atoms with Gasteiger partial charge in [0.1, 0.15) is 5.69 Å². The predicted octanol–water partition coefficient (Wildman–Crippen LogP) is 1.27. The molecule has 2 N–H and O–H groups in total. The standard InChI is InChI=1S/C13H20N4OS2/c1-3-11(12(14)19)16-4-6-17(7-5-16)13(18)10-8-20-9(2)15-10/h8,11H,3-7H2,1-2H3,(H2,14,19). The molecule has 1 aliphatic rings. The van der Waals surface area contributed by atoms with Gasteiger partial charge in [-0.15, -0.1) is 11.3 Å². The summed E-state index contributed by atoms with van der Waals surface area (Å²) in [5.41, 5.74) is 6.32. The molecule has 0 spiro atoms. The number of nitrogens with two attached hydrogens (primary N) is 1. The molecule has 0 saturated carbocycles. The molecule has 5 nitrogen and oxygen atoms in total. The molecule has 1 amide bonds. The number of amides is 1. The van der Waals surface area contributed by atoms with Crippen molar-refractivity contribution in [1.29, 1.82) is 0 Å². The minimum absolute atomic E-state index is 0.0253. The highest BCUT2D eigenvalue weighted by molar-refractivity contribution is 7.80.